The SMILES string of the molecule is Cc1n[nH]c(C)c1C(C)NC(=O)CCn1c(C)nc2ccccc21. The lowest BCUT2D eigenvalue weighted by Gasteiger charge is -2.15. The van der Waals surface area contributed by atoms with E-state index in [0.717, 1.165) is 33.8 Å². The maximum Gasteiger partial charge on any atom is 0.222 e. The van der Waals surface area contributed by atoms with Gasteiger partial charge in [-0.15, -0.1) is 0 Å². The predicted molar refractivity (Wildman–Crippen MR) is 93.7 cm³/mol. The molecule has 1 atom stereocenters. The summed E-state index contributed by atoms with van der Waals surface area (Å²) in [4.78, 5) is 16.9. The van der Waals surface area contributed by atoms with Crippen molar-refractivity contribution in [3.63, 3.8) is 0 Å². The number of hydrogen-bond donors (Lipinski definition) is 2. The Morgan fingerprint density at radius 3 is 2.75 bits per heavy atom. The van der Waals surface area contributed by atoms with Gasteiger partial charge in [-0.2, -0.15) is 5.10 Å². The maximum absolute atomic E-state index is 12.3. The first-order chi connectivity index (χ1) is 11.5. The zero-order valence-electron chi connectivity index (χ0n) is 14.6. The lowest BCUT2D eigenvalue weighted by molar-refractivity contribution is -0.121. The molecule has 2 aromatic heterocycles. The first kappa shape index (κ1) is 16.2. The van der Waals surface area contributed by atoms with Crippen molar-refractivity contribution in [1.82, 2.24) is 25.1 Å². The molecule has 126 valence electrons. The monoisotopic (exact) mass is 325 g/mol. The Balaban J connectivity index is 1.66. The third-order valence-corrected chi connectivity index (χ3v) is 4.40. The Morgan fingerprint density at radius 2 is 2.04 bits per heavy atom. The van der Waals surface area contributed by atoms with Crippen LogP contribution in [0.4, 0.5) is 0 Å². The molecule has 1 aromatic carbocycles. The van der Waals surface area contributed by atoms with Crippen LogP contribution in [0, 0.1) is 20.8 Å². The summed E-state index contributed by atoms with van der Waals surface area (Å²) in [5.41, 5.74) is 5.02. The Labute approximate surface area is 141 Å². The van der Waals surface area contributed by atoms with Gasteiger partial charge in [0.25, 0.3) is 0 Å². The summed E-state index contributed by atoms with van der Waals surface area (Å²) in [6.07, 6.45) is 0.418. The number of aromatic amines is 1. The van der Waals surface area contributed by atoms with E-state index in [4.69, 9.17) is 0 Å². The van der Waals surface area contributed by atoms with Crippen molar-refractivity contribution in [2.24, 2.45) is 0 Å². The van der Waals surface area contributed by atoms with Crippen LogP contribution in [-0.2, 0) is 11.3 Å². The van der Waals surface area contributed by atoms with Gasteiger partial charge in [0.1, 0.15) is 5.82 Å². The molecule has 0 saturated heterocycles. The van der Waals surface area contributed by atoms with E-state index in [2.05, 4.69) is 25.1 Å². The molecule has 1 unspecified atom stereocenters. The average Bonchev–Trinajstić information content (AvgIpc) is 3.04. The summed E-state index contributed by atoms with van der Waals surface area (Å²) in [6, 6.07) is 7.94. The van der Waals surface area contributed by atoms with Crippen LogP contribution in [0.15, 0.2) is 24.3 Å². The third-order valence-electron chi connectivity index (χ3n) is 4.40. The standard InChI is InChI=1S/C18H23N5O/c1-11(18-12(2)21-22-13(18)3)19-17(24)9-10-23-14(4)20-15-7-5-6-8-16(15)23/h5-8,11H,9-10H2,1-4H3,(H,19,24)(H,21,22). The van der Waals surface area contributed by atoms with Gasteiger partial charge in [-0.05, 0) is 39.8 Å². The van der Waals surface area contributed by atoms with Gasteiger partial charge in [0.2, 0.25) is 5.91 Å². The van der Waals surface area contributed by atoms with Crippen molar-refractivity contribution >= 4 is 16.9 Å². The summed E-state index contributed by atoms with van der Waals surface area (Å²) < 4.78 is 2.09. The number of amides is 1. The van der Waals surface area contributed by atoms with E-state index < -0.39 is 0 Å². The van der Waals surface area contributed by atoms with Gasteiger partial charge in [0, 0.05) is 24.2 Å². The Hall–Kier alpha value is -2.63. The van der Waals surface area contributed by atoms with Crippen LogP contribution < -0.4 is 5.32 Å². The number of H-pyrrole nitrogens is 1. The zero-order valence-corrected chi connectivity index (χ0v) is 14.6. The molecule has 24 heavy (non-hydrogen) atoms. The Kier molecular flexibility index (Phi) is 4.38. The number of aryl methyl sites for hydroxylation is 4. The number of rotatable bonds is 5. The second-order valence-electron chi connectivity index (χ2n) is 6.19. The number of nitrogens with one attached hydrogen (secondary N) is 2. The van der Waals surface area contributed by atoms with Crippen molar-refractivity contribution in [2.75, 3.05) is 0 Å². The first-order valence-electron chi connectivity index (χ1n) is 8.20. The minimum absolute atomic E-state index is 0.0275. The van der Waals surface area contributed by atoms with Gasteiger partial charge >= 0.3 is 0 Å². The predicted octanol–water partition coefficient (Wildman–Crippen LogP) is 2.95. The molecule has 0 aliphatic heterocycles. The fourth-order valence-corrected chi connectivity index (χ4v) is 3.27. The normalized spacial score (nSPS) is 12.5. The number of nitrogens with zero attached hydrogens (tertiary/aromatic N) is 3. The second kappa shape index (κ2) is 6.47. The third kappa shape index (κ3) is 3.04. The average molecular weight is 325 g/mol. The molecule has 0 bridgehead atoms. The second-order valence-corrected chi connectivity index (χ2v) is 6.19. The highest BCUT2D eigenvalue weighted by atomic mass is 16.1. The summed E-state index contributed by atoms with van der Waals surface area (Å²) in [5.74, 6) is 0.957. The Morgan fingerprint density at radius 1 is 1.29 bits per heavy atom. The maximum atomic E-state index is 12.3. The first-order valence-corrected chi connectivity index (χ1v) is 8.20. The molecular weight excluding hydrogens is 302 g/mol. The van der Waals surface area contributed by atoms with Gasteiger partial charge in [-0.1, -0.05) is 12.1 Å². The number of benzene rings is 1. The highest BCUT2D eigenvalue weighted by Gasteiger charge is 2.17. The highest BCUT2D eigenvalue weighted by Crippen LogP contribution is 2.19. The molecule has 0 aliphatic rings. The molecule has 3 rings (SSSR count). The van der Waals surface area contributed by atoms with E-state index in [1.165, 1.54) is 0 Å². The molecule has 3 aromatic rings. The number of hydrogen-bond acceptors (Lipinski definition) is 3. The number of carbonyl (C=O) groups excluding carboxylic acids is 1. The van der Waals surface area contributed by atoms with E-state index >= 15 is 0 Å². The minimum atomic E-state index is -0.0584. The number of imidazole rings is 1. The van der Waals surface area contributed by atoms with Crippen molar-refractivity contribution in [3.05, 3.63) is 47.0 Å². The number of aromatic nitrogens is 4. The molecule has 0 aliphatic carbocycles. The summed E-state index contributed by atoms with van der Waals surface area (Å²) in [7, 11) is 0. The topological polar surface area (TPSA) is 75.6 Å². The van der Waals surface area contributed by atoms with Gasteiger partial charge < -0.3 is 9.88 Å². The van der Waals surface area contributed by atoms with Crippen molar-refractivity contribution in [1.29, 1.82) is 0 Å². The lowest BCUT2D eigenvalue weighted by Crippen LogP contribution is -2.28. The largest absolute Gasteiger partial charge is 0.349 e. The van der Waals surface area contributed by atoms with Gasteiger partial charge in [-0.25, -0.2) is 4.98 Å². The highest BCUT2D eigenvalue weighted by molar-refractivity contribution is 5.78. The molecule has 0 radical (unpaired) electrons. The van der Waals surface area contributed by atoms with Crippen LogP contribution in [0.2, 0.25) is 0 Å². The molecule has 2 heterocycles. The van der Waals surface area contributed by atoms with Crippen molar-refractivity contribution < 1.29 is 4.79 Å². The van der Waals surface area contributed by atoms with Crippen LogP contribution in [0.1, 0.15) is 42.2 Å². The number of fused-ring (bicyclic) bond motifs is 1. The number of carbonyl (C=O) groups is 1. The molecule has 2 N–H and O–H groups in total. The molecule has 0 saturated carbocycles. The quantitative estimate of drug-likeness (QED) is 0.757. The van der Waals surface area contributed by atoms with Crippen LogP contribution in [0.25, 0.3) is 11.0 Å². The fraction of sp³-hybridized carbons (Fsp3) is 0.389. The summed E-state index contributed by atoms with van der Waals surface area (Å²) in [5, 5.41) is 10.2. The van der Waals surface area contributed by atoms with E-state index in [-0.39, 0.29) is 11.9 Å². The minimum Gasteiger partial charge on any atom is -0.349 e. The smallest absolute Gasteiger partial charge is 0.222 e. The van der Waals surface area contributed by atoms with Gasteiger partial charge in [0.05, 0.1) is 22.8 Å². The molecule has 6 nitrogen and oxygen atoms in total. The lowest BCUT2D eigenvalue weighted by atomic mass is 10.1. The number of para-hydroxylation sites is 2. The molecular formula is C18H23N5O. The fourth-order valence-electron chi connectivity index (χ4n) is 3.27. The molecule has 0 spiro atoms. The molecule has 6 heteroatoms. The van der Waals surface area contributed by atoms with E-state index in [1.807, 2.05) is 52.0 Å². The van der Waals surface area contributed by atoms with E-state index in [1.54, 1.807) is 0 Å². The summed E-state index contributed by atoms with van der Waals surface area (Å²) >= 11 is 0. The van der Waals surface area contributed by atoms with E-state index in [0.29, 0.717) is 13.0 Å². The van der Waals surface area contributed by atoms with Gasteiger partial charge in [-0.3, -0.25) is 9.89 Å². The van der Waals surface area contributed by atoms with Crippen molar-refractivity contribution in [2.45, 2.75) is 46.7 Å². The van der Waals surface area contributed by atoms with E-state index in [9.17, 15) is 4.79 Å². The van der Waals surface area contributed by atoms with Crippen LogP contribution >= 0.6 is 0 Å². The molecule has 1 amide bonds. The zero-order chi connectivity index (χ0) is 17.3. The van der Waals surface area contributed by atoms with Gasteiger partial charge in [0.15, 0.2) is 0 Å². The van der Waals surface area contributed by atoms with Crippen LogP contribution in [-0.4, -0.2) is 25.7 Å². The molecule has 0 fully saturated rings. The Bertz CT molecular complexity index is 857. The van der Waals surface area contributed by atoms with Crippen LogP contribution in [0.5, 0.6) is 0 Å². The van der Waals surface area contributed by atoms with Crippen LogP contribution in [0.3, 0.4) is 0 Å². The summed E-state index contributed by atoms with van der Waals surface area (Å²) in [6.45, 7) is 8.50. The van der Waals surface area contributed by atoms with Crippen molar-refractivity contribution in [3.8, 4) is 0 Å².